The van der Waals surface area contributed by atoms with E-state index in [0.29, 0.717) is 17.2 Å². The third-order valence-electron chi connectivity index (χ3n) is 4.72. The van der Waals surface area contributed by atoms with Crippen molar-refractivity contribution < 1.29 is 9.21 Å². The second kappa shape index (κ2) is 7.65. The second-order valence-electron chi connectivity index (χ2n) is 6.64. The van der Waals surface area contributed by atoms with Gasteiger partial charge in [-0.25, -0.2) is 18.9 Å². The fourth-order valence-electron chi connectivity index (χ4n) is 3.33. The lowest BCUT2D eigenvalue weighted by Crippen LogP contribution is -2.32. The number of carbonyl (C=O) groups is 1. The summed E-state index contributed by atoms with van der Waals surface area (Å²) in [5.41, 5.74) is 0.139. The monoisotopic (exact) mass is 370 g/mol. The lowest BCUT2D eigenvalue weighted by molar-refractivity contribution is -0.122. The van der Waals surface area contributed by atoms with Gasteiger partial charge in [0.05, 0.1) is 12.8 Å². The normalized spacial score (nSPS) is 15.0. The molecule has 1 fully saturated rings. The van der Waals surface area contributed by atoms with Crippen LogP contribution in [-0.2, 0) is 17.9 Å². The minimum absolute atomic E-state index is 0.152. The van der Waals surface area contributed by atoms with Crippen LogP contribution in [-0.4, -0.2) is 38.2 Å². The van der Waals surface area contributed by atoms with E-state index in [1.165, 1.54) is 21.9 Å². The second-order valence-corrected chi connectivity index (χ2v) is 6.64. The predicted molar refractivity (Wildman–Crippen MR) is 98.5 cm³/mol. The molecule has 0 aliphatic carbocycles. The first-order valence-electron chi connectivity index (χ1n) is 9.20. The highest BCUT2D eigenvalue weighted by atomic mass is 16.3. The summed E-state index contributed by atoms with van der Waals surface area (Å²) < 4.78 is 7.81. The lowest BCUT2D eigenvalue weighted by Gasteiger charge is -2.20. The molecule has 4 heterocycles. The van der Waals surface area contributed by atoms with Gasteiger partial charge in [-0.15, -0.1) is 5.10 Å². The zero-order valence-electron chi connectivity index (χ0n) is 15.0. The molecule has 4 rings (SSSR count). The fourth-order valence-corrected chi connectivity index (χ4v) is 3.33. The van der Waals surface area contributed by atoms with Gasteiger partial charge in [0.1, 0.15) is 12.3 Å². The van der Waals surface area contributed by atoms with Gasteiger partial charge in [-0.1, -0.05) is 12.8 Å². The first kappa shape index (κ1) is 17.3. The molecule has 1 amide bonds. The minimum Gasteiger partial charge on any atom is -0.467 e. The number of hydrogen-bond acceptors (Lipinski definition) is 6. The van der Waals surface area contributed by atoms with E-state index in [-0.39, 0.29) is 24.7 Å². The van der Waals surface area contributed by atoms with Crippen LogP contribution in [0.15, 0.2) is 40.0 Å². The number of hydrogen-bond donors (Lipinski definition) is 1. The Morgan fingerprint density at radius 3 is 2.78 bits per heavy atom. The summed E-state index contributed by atoms with van der Waals surface area (Å²) in [7, 11) is 0. The van der Waals surface area contributed by atoms with Gasteiger partial charge in [0.25, 0.3) is 0 Å². The molecular formula is C18H22N6O3. The molecule has 3 aromatic heterocycles. The van der Waals surface area contributed by atoms with Gasteiger partial charge in [0.15, 0.2) is 5.82 Å². The maximum atomic E-state index is 12.6. The quantitative estimate of drug-likeness (QED) is 0.724. The SMILES string of the molecule is O=C(Cn1nc2c(N3CCCCCC3)nccn2c1=O)NCc1ccco1. The molecule has 142 valence electrons. The molecule has 0 atom stereocenters. The number of nitrogens with zero attached hydrogens (tertiary/aromatic N) is 5. The van der Waals surface area contributed by atoms with E-state index in [0.717, 1.165) is 25.9 Å². The van der Waals surface area contributed by atoms with Gasteiger partial charge < -0.3 is 14.6 Å². The predicted octanol–water partition coefficient (Wildman–Crippen LogP) is 1.18. The zero-order chi connectivity index (χ0) is 18.6. The maximum absolute atomic E-state index is 12.6. The van der Waals surface area contributed by atoms with Crippen LogP contribution >= 0.6 is 0 Å². The molecule has 9 heteroatoms. The van der Waals surface area contributed by atoms with Crippen molar-refractivity contribution in [3.8, 4) is 0 Å². The zero-order valence-corrected chi connectivity index (χ0v) is 15.0. The first-order valence-corrected chi connectivity index (χ1v) is 9.20. The van der Waals surface area contributed by atoms with Crippen molar-refractivity contribution in [1.82, 2.24) is 24.5 Å². The van der Waals surface area contributed by atoms with Crippen molar-refractivity contribution in [2.24, 2.45) is 0 Å². The van der Waals surface area contributed by atoms with Crippen LogP contribution in [0.1, 0.15) is 31.4 Å². The van der Waals surface area contributed by atoms with Crippen molar-refractivity contribution in [2.45, 2.75) is 38.8 Å². The number of rotatable bonds is 5. The summed E-state index contributed by atoms with van der Waals surface area (Å²) in [5.74, 6) is 1.05. The fraction of sp³-hybridized carbons (Fsp3) is 0.444. The van der Waals surface area contributed by atoms with Crippen molar-refractivity contribution in [1.29, 1.82) is 0 Å². The van der Waals surface area contributed by atoms with Crippen LogP contribution in [0.4, 0.5) is 5.82 Å². The molecule has 3 aromatic rings. The maximum Gasteiger partial charge on any atom is 0.350 e. The molecular weight excluding hydrogens is 348 g/mol. The molecule has 1 aliphatic rings. The van der Waals surface area contributed by atoms with Gasteiger partial charge in [-0.2, -0.15) is 0 Å². The van der Waals surface area contributed by atoms with E-state index in [4.69, 9.17) is 4.42 Å². The van der Waals surface area contributed by atoms with Gasteiger partial charge in [0, 0.05) is 25.5 Å². The highest BCUT2D eigenvalue weighted by Crippen LogP contribution is 2.20. The molecule has 0 bridgehead atoms. The van der Waals surface area contributed by atoms with E-state index in [2.05, 4.69) is 20.3 Å². The van der Waals surface area contributed by atoms with Crippen molar-refractivity contribution >= 4 is 17.4 Å². The highest BCUT2D eigenvalue weighted by molar-refractivity contribution is 5.75. The van der Waals surface area contributed by atoms with E-state index in [1.54, 1.807) is 30.8 Å². The molecule has 1 saturated heterocycles. The molecule has 0 radical (unpaired) electrons. The number of fused-ring (bicyclic) bond motifs is 1. The van der Waals surface area contributed by atoms with Crippen LogP contribution in [0.5, 0.6) is 0 Å². The van der Waals surface area contributed by atoms with Gasteiger partial charge in [0.2, 0.25) is 11.6 Å². The molecule has 0 spiro atoms. The smallest absolute Gasteiger partial charge is 0.350 e. The Bertz CT molecular complexity index is 967. The molecule has 9 nitrogen and oxygen atoms in total. The van der Waals surface area contributed by atoms with Crippen LogP contribution in [0.25, 0.3) is 5.65 Å². The summed E-state index contributed by atoms with van der Waals surface area (Å²) in [6.07, 6.45) is 9.35. The van der Waals surface area contributed by atoms with E-state index in [1.807, 2.05) is 0 Å². The largest absolute Gasteiger partial charge is 0.467 e. The Labute approximate surface area is 155 Å². The van der Waals surface area contributed by atoms with Gasteiger partial charge in [-0.3, -0.25) is 4.79 Å². The van der Waals surface area contributed by atoms with E-state index in [9.17, 15) is 9.59 Å². The van der Waals surface area contributed by atoms with E-state index < -0.39 is 0 Å². The van der Waals surface area contributed by atoms with E-state index >= 15 is 0 Å². The summed E-state index contributed by atoms with van der Waals surface area (Å²) in [6.45, 7) is 1.92. The Kier molecular flexibility index (Phi) is 4.91. The summed E-state index contributed by atoms with van der Waals surface area (Å²) in [5, 5.41) is 7.11. The number of furan rings is 1. The van der Waals surface area contributed by atoms with Crippen molar-refractivity contribution in [3.63, 3.8) is 0 Å². The Hall–Kier alpha value is -3.10. The number of carbonyl (C=O) groups excluding carboxylic acids is 1. The van der Waals surface area contributed by atoms with Crippen molar-refractivity contribution in [3.05, 3.63) is 47.0 Å². The van der Waals surface area contributed by atoms with Crippen LogP contribution < -0.4 is 15.9 Å². The Balaban J connectivity index is 1.55. The van der Waals surface area contributed by atoms with Crippen LogP contribution in [0.2, 0.25) is 0 Å². The third kappa shape index (κ3) is 3.71. The number of nitrogens with one attached hydrogen (secondary N) is 1. The minimum atomic E-state index is -0.350. The lowest BCUT2D eigenvalue weighted by atomic mass is 10.2. The number of amides is 1. The van der Waals surface area contributed by atoms with Crippen LogP contribution in [0, 0.1) is 0 Å². The molecule has 1 aliphatic heterocycles. The Morgan fingerprint density at radius 2 is 2.04 bits per heavy atom. The molecule has 0 aromatic carbocycles. The van der Waals surface area contributed by atoms with Gasteiger partial charge in [-0.05, 0) is 25.0 Å². The van der Waals surface area contributed by atoms with Gasteiger partial charge >= 0.3 is 5.69 Å². The molecule has 27 heavy (non-hydrogen) atoms. The topological polar surface area (TPSA) is 97.7 Å². The molecule has 0 saturated carbocycles. The highest BCUT2D eigenvalue weighted by Gasteiger charge is 2.19. The average molecular weight is 370 g/mol. The van der Waals surface area contributed by atoms with Crippen LogP contribution in [0.3, 0.4) is 0 Å². The summed E-state index contributed by atoms with van der Waals surface area (Å²) in [4.78, 5) is 31.4. The number of anilines is 1. The summed E-state index contributed by atoms with van der Waals surface area (Å²) in [6, 6.07) is 3.53. The first-order chi connectivity index (χ1) is 13.2. The number of aromatic nitrogens is 4. The Morgan fingerprint density at radius 1 is 1.22 bits per heavy atom. The summed E-state index contributed by atoms with van der Waals surface area (Å²) >= 11 is 0. The molecule has 1 N–H and O–H groups in total. The van der Waals surface area contributed by atoms with Crippen molar-refractivity contribution in [2.75, 3.05) is 18.0 Å². The third-order valence-corrected chi connectivity index (χ3v) is 4.72. The molecule has 0 unspecified atom stereocenters. The average Bonchev–Trinajstić information content (AvgIpc) is 3.20. The standard InChI is InChI=1S/C18H22N6O3/c25-15(20-12-14-6-5-11-27-14)13-24-18(26)23-10-7-19-16(17(23)21-24)22-8-3-1-2-4-9-22/h5-7,10-11H,1-4,8-9,12-13H2,(H,20,25).